The number of hydrogen-bond donors (Lipinski definition) is 1. The van der Waals surface area contributed by atoms with Crippen LogP contribution in [0.3, 0.4) is 0 Å². The second-order valence-corrected chi connectivity index (χ2v) is 6.73. The van der Waals surface area contributed by atoms with Crippen LogP contribution in [-0.4, -0.2) is 16.0 Å². The Bertz CT molecular complexity index is 559. The Balaban J connectivity index is 2.26. The Morgan fingerprint density at radius 2 is 2.00 bits per heavy atom. The van der Waals surface area contributed by atoms with Crippen LogP contribution < -0.4 is 5.73 Å². The fraction of sp³-hybridized carbons (Fsp3) is 0.333. The minimum absolute atomic E-state index is 0.0687. The molecule has 2 atom stereocenters. The van der Waals surface area contributed by atoms with Crippen LogP contribution in [0, 0.1) is 6.92 Å². The smallest absolute Gasteiger partial charge is 0.188 e. The summed E-state index contributed by atoms with van der Waals surface area (Å²) in [7, 11) is 0. The second kappa shape index (κ2) is 7.20. The number of benzene rings is 1. The summed E-state index contributed by atoms with van der Waals surface area (Å²) < 4.78 is 1.06. The van der Waals surface area contributed by atoms with Crippen LogP contribution in [0.4, 0.5) is 0 Å². The summed E-state index contributed by atoms with van der Waals surface area (Å²) in [6.07, 6.45) is 4.59. The molecule has 3 nitrogen and oxygen atoms in total. The first kappa shape index (κ1) is 15.5. The van der Waals surface area contributed by atoms with Gasteiger partial charge in [0.25, 0.3) is 0 Å². The third kappa shape index (κ3) is 4.04. The molecule has 1 aromatic carbocycles. The standard InChI is InChI=1S/C15H18BrN3S/c1-3-13(17)14(11-5-4-6-12(16)7-11)20-15-18-8-10(2)9-19-15/h4-9,13-14H,3,17H2,1-2H3. The molecule has 1 heterocycles. The molecule has 0 aliphatic rings. The van der Waals surface area contributed by atoms with Crippen molar-refractivity contribution in [3.05, 3.63) is 52.3 Å². The van der Waals surface area contributed by atoms with Crippen LogP contribution in [0.1, 0.15) is 29.7 Å². The summed E-state index contributed by atoms with van der Waals surface area (Å²) in [6.45, 7) is 4.09. The number of halogens is 1. The topological polar surface area (TPSA) is 51.8 Å². The quantitative estimate of drug-likeness (QED) is 0.650. The van der Waals surface area contributed by atoms with Gasteiger partial charge in [-0.25, -0.2) is 9.97 Å². The predicted octanol–water partition coefficient (Wildman–Crippen LogP) is 4.12. The van der Waals surface area contributed by atoms with Crippen LogP contribution in [0.25, 0.3) is 0 Å². The van der Waals surface area contributed by atoms with E-state index in [-0.39, 0.29) is 11.3 Å². The average molecular weight is 352 g/mol. The number of rotatable bonds is 5. The summed E-state index contributed by atoms with van der Waals surface area (Å²) in [5, 5.41) is 0.921. The number of hydrogen-bond acceptors (Lipinski definition) is 4. The normalized spacial score (nSPS) is 14.0. The lowest BCUT2D eigenvalue weighted by Crippen LogP contribution is -2.25. The first-order valence-corrected chi connectivity index (χ1v) is 8.23. The Hall–Kier alpha value is -0.910. The van der Waals surface area contributed by atoms with Gasteiger partial charge in [0.1, 0.15) is 0 Å². The fourth-order valence-corrected chi connectivity index (χ4v) is 3.38. The van der Waals surface area contributed by atoms with Crippen molar-refractivity contribution in [2.45, 2.75) is 36.7 Å². The maximum atomic E-state index is 6.29. The first-order valence-electron chi connectivity index (χ1n) is 6.56. The van der Waals surface area contributed by atoms with E-state index in [9.17, 15) is 0 Å². The molecule has 5 heteroatoms. The van der Waals surface area contributed by atoms with Gasteiger partial charge in [0, 0.05) is 22.9 Å². The number of aryl methyl sites for hydroxylation is 1. The van der Waals surface area contributed by atoms with Crippen molar-refractivity contribution in [1.82, 2.24) is 9.97 Å². The molecule has 0 fully saturated rings. The molecule has 0 saturated carbocycles. The molecule has 0 spiro atoms. The molecule has 0 aliphatic carbocycles. The van der Waals surface area contributed by atoms with Crippen molar-refractivity contribution in [3.63, 3.8) is 0 Å². The molecule has 2 unspecified atom stereocenters. The zero-order valence-electron chi connectivity index (χ0n) is 11.6. The van der Waals surface area contributed by atoms with Gasteiger partial charge in [0.05, 0.1) is 5.25 Å². The molecule has 0 aliphatic heterocycles. The lowest BCUT2D eigenvalue weighted by molar-refractivity contribution is 0.632. The number of nitrogens with zero attached hydrogens (tertiary/aromatic N) is 2. The Labute approximate surface area is 132 Å². The van der Waals surface area contributed by atoms with Crippen molar-refractivity contribution in [3.8, 4) is 0 Å². The highest BCUT2D eigenvalue weighted by Crippen LogP contribution is 2.37. The van der Waals surface area contributed by atoms with Gasteiger partial charge in [0.15, 0.2) is 5.16 Å². The van der Waals surface area contributed by atoms with Crippen LogP contribution in [0.2, 0.25) is 0 Å². The lowest BCUT2D eigenvalue weighted by atomic mass is 10.0. The number of aromatic nitrogens is 2. The van der Waals surface area contributed by atoms with Gasteiger partial charge in [-0.1, -0.05) is 46.7 Å². The molecular weight excluding hydrogens is 334 g/mol. The Kier molecular flexibility index (Phi) is 5.57. The number of thioether (sulfide) groups is 1. The van der Waals surface area contributed by atoms with Crippen LogP contribution in [0.5, 0.6) is 0 Å². The Morgan fingerprint density at radius 3 is 2.60 bits per heavy atom. The van der Waals surface area contributed by atoms with Gasteiger partial charge in [-0.3, -0.25) is 0 Å². The Morgan fingerprint density at radius 1 is 1.30 bits per heavy atom. The molecule has 0 radical (unpaired) electrons. The van der Waals surface area contributed by atoms with Crippen molar-refractivity contribution in [1.29, 1.82) is 0 Å². The first-order chi connectivity index (χ1) is 9.60. The molecule has 0 amide bonds. The molecule has 1 aromatic heterocycles. The average Bonchev–Trinajstić information content (AvgIpc) is 2.46. The van der Waals surface area contributed by atoms with Crippen molar-refractivity contribution >= 4 is 27.7 Å². The monoisotopic (exact) mass is 351 g/mol. The highest BCUT2D eigenvalue weighted by Gasteiger charge is 2.21. The summed E-state index contributed by atoms with van der Waals surface area (Å²) in [6, 6.07) is 8.34. The molecule has 20 heavy (non-hydrogen) atoms. The number of nitrogens with two attached hydrogens (primary N) is 1. The van der Waals surface area contributed by atoms with Crippen molar-refractivity contribution in [2.75, 3.05) is 0 Å². The molecule has 2 aromatic rings. The summed E-state index contributed by atoms with van der Waals surface area (Å²) in [4.78, 5) is 8.73. The third-order valence-corrected chi connectivity index (χ3v) is 4.82. The maximum absolute atomic E-state index is 6.29. The van der Waals surface area contributed by atoms with Crippen molar-refractivity contribution in [2.24, 2.45) is 5.73 Å². The zero-order valence-corrected chi connectivity index (χ0v) is 14.0. The van der Waals surface area contributed by atoms with E-state index in [4.69, 9.17) is 5.73 Å². The summed E-state index contributed by atoms with van der Waals surface area (Å²) in [5.74, 6) is 0. The molecule has 0 bridgehead atoms. The minimum atomic E-state index is 0.0687. The summed E-state index contributed by atoms with van der Waals surface area (Å²) >= 11 is 5.14. The minimum Gasteiger partial charge on any atom is -0.326 e. The van der Waals surface area contributed by atoms with Crippen LogP contribution in [0.15, 0.2) is 46.3 Å². The summed E-state index contributed by atoms with van der Waals surface area (Å²) in [5.41, 5.74) is 8.55. The van der Waals surface area contributed by atoms with Gasteiger partial charge in [-0.2, -0.15) is 0 Å². The largest absolute Gasteiger partial charge is 0.326 e. The third-order valence-electron chi connectivity index (χ3n) is 3.03. The molecule has 2 N–H and O–H groups in total. The molecular formula is C15H18BrN3S. The van der Waals surface area contributed by atoms with E-state index < -0.39 is 0 Å². The SMILES string of the molecule is CCC(N)C(Sc1ncc(C)cn1)c1cccc(Br)c1. The predicted molar refractivity (Wildman–Crippen MR) is 87.8 cm³/mol. The van der Waals surface area contributed by atoms with E-state index in [1.54, 1.807) is 11.8 Å². The van der Waals surface area contributed by atoms with E-state index in [0.29, 0.717) is 0 Å². The van der Waals surface area contributed by atoms with Gasteiger partial charge in [0.2, 0.25) is 0 Å². The van der Waals surface area contributed by atoms with Crippen LogP contribution in [-0.2, 0) is 0 Å². The van der Waals surface area contributed by atoms with Gasteiger partial charge in [-0.05, 0) is 36.6 Å². The van der Waals surface area contributed by atoms with E-state index in [2.05, 4.69) is 45.0 Å². The van der Waals surface area contributed by atoms with Gasteiger partial charge < -0.3 is 5.73 Å². The van der Waals surface area contributed by atoms with E-state index in [1.807, 2.05) is 31.5 Å². The fourth-order valence-electron chi connectivity index (χ4n) is 1.86. The van der Waals surface area contributed by atoms with E-state index >= 15 is 0 Å². The van der Waals surface area contributed by atoms with E-state index in [1.165, 1.54) is 5.56 Å². The van der Waals surface area contributed by atoms with Crippen LogP contribution >= 0.6 is 27.7 Å². The van der Waals surface area contributed by atoms with Crippen molar-refractivity contribution < 1.29 is 0 Å². The van der Waals surface area contributed by atoms with Gasteiger partial charge in [-0.15, -0.1) is 0 Å². The zero-order chi connectivity index (χ0) is 14.5. The molecule has 2 rings (SSSR count). The second-order valence-electron chi connectivity index (χ2n) is 4.71. The highest BCUT2D eigenvalue weighted by molar-refractivity contribution is 9.10. The van der Waals surface area contributed by atoms with Gasteiger partial charge >= 0.3 is 0 Å². The molecule has 0 saturated heterocycles. The lowest BCUT2D eigenvalue weighted by Gasteiger charge is -2.22. The highest BCUT2D eigenvalue weighted by atomic mass is 79.9. The maximum Gasteiger partial charge on any atom is 0.188 e. The van der Waals surface area contributed by atoms with E-state index in [0.717, 1.165) is 21.6 Å². The molecule has 106 valence electrons.